The van der Waals surface area contributed by atoms with Crippen LogP contribution in [0.4, 0.5) is 14.6 Å². The van der Waals surface area contributed by atoms with Crippen molar-refractivity contribution in [1.82, 2.24) is 9.38 Å². The summed E-state index contributed by atoms with van der Waals surface area (Å²) in [7, 11) is 0. The first-order valence-corrected chi connectivity index (χ1v) is 9.31. The van der Waals surface area contributed by atoms with E-state index in [0.717, 1.165) is 31.7 Å². The van der Waals surface area contributed by atoms with Crippen LogP contribution in [-0.2, 0) is 6.54 Å². The predicted octanol–water partition coefficient (Wildman–Crippen LogP) is 4.04. The van der Waals surface area contributed by atoms with E-state index in [0.29, 0.717) is 24.0 Å². The van der Waals surface area contributed by atoms with E-state index in [1.807, 2.05) is 66.1 Å². The zero-order valence-electron chi connectivity index (χ0n) is 15.7. The van der Waals surface area contributed by atoms with Gasteiger partial charge in [-0.25, -0.2) is 4.57 Å². The lowest BCUT2D eigenvalue weighted by Crippen LogP contribution is -2.72. The molecule has 4 nitrogen and oxygen atoms in total. The van der Waals surface area contributed by atoms with E-state index in [4.69, 9.17) is 4.99 Å². The summed E-state index contributed by atoms with van der Waals surface area (Å²) in [5, 5.41) is 0. The van der Waals surface area contributed by atoms with Gasteiger partial charge in [0.15, 0.2) is 5.84 Å². The molecule has 0 N–H and O–H groups in total. The Kier molecular flexibility index (Phi) is 3.56. The molecule has 28 heavy (non-hydrogen) atoms. The van der Waals surface area contributed by atoms with Crippen molar-refractivity contribution in [3.05, 3.63) is 88.9 Å². The van der Waals surface area contributed by atoms with Crippen molar-refractivity contribution in [3.8, 4) is 0 Å². The van der Waals surface area contributed by atoms with Gasteiger partial charge in [-0.05, 0) is 43.3 Å². The summed E-state index contributed by atoms with van der Waals surface area (Å²) in [5.74, 6) is 0.593. The van der Waals surface area contributed by atoms with Gasteiger partial charge in [-0.1, -0.05) is 53.5 Å². The smallest absolute Gasteiger partial charge is 0.422 e. The lowest BCUT2D eigenvalue weighted by atomic mass is 9.87. The van der Waals surface area contributed by atoms with Gasteiger partial charge in [0, 0.05) is 5.56 Å². The van der Waals surface area contributed by atoms with Crippen molar-refractivity contribution < 1.29 is 13.1 Å². The number of imidazole rings is 1. The van der Waals surface area contributed by atoms with Crippen LogP contribution in [0, 0.1) is 13.8 Å². The van der Waals surface area contributed by atoms with Gasteiger partial charge in [-0.15, -0.1) is 0 Å². The summed E-state index contributed by atoms with van der Waals surface area (Å²) in [4.78, 5) is 5.76. The monoisotopic (exact) mass is 376 g/mol. The third kappa shape index (κ3) is 2.29. The van der Waals surface area contributed by atoms with E-state index >= 15 is 8.63 Å². The van der Waals surface area contributed by atoms with Gasteiger partial charge in [0.05, 0.1) is 12.2 Å². The Bertz CT molecular complexity index is 1150. The number of rotatable bonds is 2. The number of hydrogen-bond acceptors (Lipinski definition) is 2. The van der Waals surface area contributed by atoms with E-state index in [2.05, 4.69) is 0 Å². The molecule has 2 aliphatic heterocycles. The fourth-order valence-electron chi connectivity index (χ4n) is 4.05. The van der Waals surface area contributed by atoms with Gasteiger partial charge in [0.25, 0.3) is 0 Å². The maximum Gasteiger partial charge on any atom is 0.608 e. The first kappa shape index (κ1) is 16.9. The summed E-state index contributed by atoms with van der Waals surface area (Å²) in [6.45, 7) is 0.0695. The SMILES string of the molecule is Cc1c(C)[n+]2c(n1Cc1ccccc1)N=C1c3ccccc3C=CN1[B-]2(F)F. The van der Waals surface area contributed by atoms with Gasteiger partial charge in [-0.2, -0.15) is 0 Å². The molecule has 3 aromatic rings. The van der Waals surface area contributed by atoms with Gasteiger partial charge >= 0.3 is 12.9 Å². The summed E-state index contributed by atoms with van der Waals surface area (Å²) in [6.07, 6.45) is 3.17. The lowest BCUT2D eigenvalue weighted by molar-refractivity contribution is -0.566. The molecule has 0 unspecified atom stereocenters. The number of halogens is 2. The fourth-order valence-corrected chi connectivity index (χ4v) is 4.05. The zero-order chi connectivity index (χ0) is 19.5. The summed E-state index contributed by atoms with van der Waals surface area (Å²) in [6, 6.07) is 17.4. The Morgan fingerprint density at radius 2 is 1.71 bits per heavy atom. The Morgan fingerprint density at radius 1 is 1.00 bits per heavy atom. The van der Waals surface area contributed by atoms with Crippen molar-refractivity contribution in [2.75, 3.05) is 0 Å². The zero-order valence-corrected chi connectivity index (χ0v) is 15.7. The van der Waals surface area contributed by atoms with E-state index in [1.165, 1.54) is 6.20 Å². The number of hydrogen-bond donors (Lipinski definition) is 0. The highest BCUT2D eigenvalue weighted by molar-refractivity contribution is 6.59. The molecular weight excluding hydrogens is 357 g/mol. The van der Waals surface area contributed by atoms with Crippen molar-refractivity contribution in [3.63, 3.8) is 0 Å². The van der Waals surface area contributed by atoms with Crippen LogP contribution < -0.4 is 4.48 Å². The molecule has 5 rings (SSSR count). The Morgan fingerprint density at radius 3 is 2.50 bits per heavy atom. The second-order valence-corrected chi connectivity index (χ2v) is 7.25. The first-order valence-electron chi connectivity index (χ1n) is 9.31. The molecule has 2 aromatic carbocycles. The van der Waals surface area contributed by atoms with Crippen LogP contribution in [0.1, 0.15) is 28.1 Å². The molecule has 140 valence electrons. The third-order valence-corrected chi connectivity index (χ3v) is 5.64. The molecule has 0 saturated carbocycles. The van der Waals surface area contributed by atoms with Crippen LogP contribution in [0.5, 0.6) is 0 Å². The van der Waals surface area contributed by atoms with Crippen molar-refractivity contribution >= 4 is 24.8 Å². The van der Waals surface area contributed by atoms with E-state index in [-0.39, 0.29) is 0 Å². The third-order valence-electron chi connectivity index (χ3n) is 5.64. The van der Waals surface area contributed by atoms with Crippen LogP contribution in [-0.4, -0.2) is 22.2 Å². The largest absolute Gasteiger partial charge is 0.608 e. The van der Waals surface area contributed by atoms with Crippen molar-refractivity contribution in [2.45, 2.75) is 20.4 Å². The number of benzene rings is 2. The molecule has 0 radical (unpaired) electrons. The Balaban J connectivity index is 1.75. The number of aliphatic imine (C=N–C) groups is 1. The second kappa shape index (κ2) is 5.89. The van der Waals surface area contributed by atoms with Gasteiger partial charge < -0.3 is 17.9 Å². The van der Waals surface area contributed by atoms with E-state index in [1.54, 1.807) is 13.0 Å². The molecule has 0 atom stereocenters. The highest BCUT2D eigenvalue weighted by Gasteiger charge is 2.51. The topological polar surface area (TPSA) is 24.4 Å². The lowest BCUT2D eigenvalue weighted by Gasteiger charge is -2.40. The van der Waals surface area contributed by atoms with Crippen LogP contribution in [0.25, 0.3) is 6.08 Å². The minimum Gasteiger partial charge on any atom is -0.422 e. The molecule has 0 bridgehead atoms. The molecule has 0 fully saturated rings. The Hall–Kier alpha value is -3.22. The number of fused-ring (bicyclic) bond motifs is 4. The predicted molar refractivity (Wildman–Crippen MR) is 107 cm³/mol. The molecule has 0 saturated heterocycles. The van der Waals surface area contributed by atoms with Crippen LogP contribution >= 0.6 is 0 Å². The highest BCUT2D eigenvalue weighted by atomic mass is 19.2. The number of aromatic nitrogens is 2. The molecular formula is C21H19BF2N4. The summed E-state index contributed by atoms with van der Waals surface area (Å²) < 4.78 is 34.2. The molecule has 2 aliphatic rings. The minimum atomic E-state index is -4.03. The highest BCUT2D eigenvalue weighted by Crippen LogP contribution is 2.33. The molecule has 0 aliphatic carbocycles. The van der Waals surface area contributed by atoms with Crippen LogP contribution in [0.3, 0.4) is 0 Å². The molecule has 7 heteroatoms. The summed E-state index contributed by atoms with van der Waals surface area (Å²) >= 11 is 0. The normalized spacial score (nSPS) is 16.3. The summed E-state index contributed by atoms with van der Waals surface area (Å²) in [5.41, 5.74) is 3.99. The average Bonchev–Trinajstić information content (AvgIpc) is 2.94. The first-order chi connectivity index (χ1) is 13.5. The van der Waals surface area contributed by atoms with Gasteiger partial charge in [-0.3, -0.25) is 0 Å². The molecule has 0 spiro atoms. The molecule has 0 amide bonds. The maximum atomic E-state index is 15.6. The van der Waals surface area contributed by atoms with E-state index in [9.17, 15) is 0 Å². The number of amidine groups is 1. The quantitative estimate of drug-likeness (QED) is 0.620. The molecule has 1 aromatic heterocycles. The van der Waals surface area contributed by atoms with Gasteiger partial charge in [0.1, 0.15) is 5.69 Å². The number of nitrogens with zero attached hydrogens (tertiary/aromatic N) is 4. The standard InChI is InChI=1S/C21H19BF2N4/c1-15-16(2)28-21(26(15)14-17-8-4-3-5-9-17)25-20-19-11-7-6-10-18(19)12-13-27(20)22(28,23)24/h3-13H,14H2,1-2H3. The van der Waals surface area contributed by atoms with Crippen LogP contribution in [0.2, 0.25) is 0 Å². The Labute approximate surface area is 162 Å². The fraction of sp³-hybridized carbons (Fsp3) is 0.143. The van der Waals surface area contributed by atoms with Crippen molar-refractivity contribution in [1.29, 1.82) is 0 Å². The minimum absolute atomic E-state index is 0.292. The van der Waals surface area contributed by atoms with Crippen LogP contribution in [0.15, 0.2) is 65.8 Å². The average molecular weight is 376 g/mol. The molecule has 3 heterocycles. The van der Waals surface area contributed by atoms with Crippen molar-refractivity contribution in [2.24, 2.45) is 4.99 Å². The van der Waals surface area contributed by atoms with Gasteiger partial charge in [0.2, 0.25) is 0 Å². The second-order valence-electron chi connectivity index (χ2n) is 7.25. The maximum absolute atomic E-state index is 15.6. The van der Waals surface area contributed by atoms with E-state index < -0.39 is 6.97 Å².